The van der Waals surface area contributed by atoms with Gasteiger partial charge in [-0.1, -0.05) is 24.3 Å². The number of hydrogen-bond donors (Lipinski definition) is 1. The third-order valence-corrected chi connectivity index (χ3v) is 7.46. The molecule has 1 aliphatic rings. The highest BCUT2D eigenvalue weighted by Crippen LogP contribution is 2.38. The number of carbonyl (C=O) groups is 1. The van der Waals surface area contributed by atoms with Crippen LogP contribution >= 0.6 is 0 Å². The predicted octanol–water partition coefficient (Wildman–Crippen LogP) is 4.48. The number of hydrogen-bond acceptors (Lipinski definition) is 7. The first kappa shape index (κ1) is 24.0. The molecule has 1 saturated heterocycles. The minimum absolute atomic E-state index is 0.0548. The van der Waals surface area contributed by atoms with E-state index in [0.29, 0.717) is 23.4 Å². The minimum atomic E-state index is -3.70. The van der Waals surface area contributed by atoms with Crippen LogP contribution in [0.4, 0.5) is 0 Å². The van der Waals surface area contributed by atoms with Gasteiger partial charge >= 0.3 is 5.97 Å². The summed E-state index contributed by atoms with van der Waals surface area (Å²) < 4.78 is 42.8. The Morgan fingerprint density at radius 2 is 1.97 bits per heavy atom. The largest absolute Gasteiger partial charge is 0.495 e. The van der Waals surface area contributed by atoms with Gasteiger partial charge in [0, 0.05) is 12.2 Å². The van der Waals surface area contributed by atoms with Crippen molar-refractivity contribution in [3.63, 3.8) is 0 Å². The zero-order chi connectivity index (χ0) is 24.1. The number of ether oxygens (including phenoxy) is 3. The van der Waals surface area contributed by atoms with Gasteiger partial charge in [0.2, 0.25) is 0 Å². The van der Waals surface area contributed by atoms with Gasteiger partial charge in [-0.05, 0) is 56.0 Å². The van der Waals surface area contributed by atoms with Crippen molar-refractivity contribution in [1.29, 1.82) is 0 Å². The summed E-state index contributed by atoms with van der Waals surface area (Å²) in [5.74, 6) is -0.795. The number of carbonyl (C=O) groups excluding carboxylic acids is 1. The molecule has 9 heteroatoms. The Balaban J connectivity index is 1.76. The van der Waals surface area contributed by atoms with E-state index in [2.05, 4.69) is 10.2 Å². The number of aromatic nitrogens is 2. The molecule has 0 amide bonds. The van der Waals surface area contributed by atoms with Gasteiger partial charge in [0.25, 0.3) is 0 Å². The minimum Gasteiger partial charge on any atom is -0.495 e. The van der Waals surface area contributed by atoms with Crippen LogP contribution in [0.25, 0.3) is 11.3 Å². The number of benzene rings is 2. The van der Waals surface area contributed by atoms with E-state index in [0.717, 1.165) is 25.0 Å². The SMILES string of the molecule is CCOC(=O)c1c(CS(=O)(=O)c2ccccc2)ccc(-c2cc(C3CCCCO3)[nH]n2)c1OC. The highest BCUT2D eigenvalue weighted by atomic mass is 32.2. The Morgan fingerprint density at radius 3 is 2.65 bits per heavy atom. The van der Waals surface area contributed by atoms with Gasteiger partial charge in [-0.3, -0.25) is 5.10 Å². The average Bonchev–Trinajstić information content (AvgIpc) is 3.35. The zero-order valence-electron chi connectivity index (χ0n) is 19.2. The standard InChI is InChI=1S/C25H28N2O6S/c1-3-32-25(28)23-17(16-34(29,30)18-9-5-4-6-10-18)12-13-19(24(23)31-2)20-15-21(27-26-20)22-11-7-8-14-33-22/h4-6,9-10,12-13,15,22H,3,7-8,11,14,16H2,1-2H3,(H,26,27). The Hall–Kier alpha value is -3.17. The molecule has 1 N–H and O–H groups in total. The lowest BCUT2D eigenvalue weighted by atomic mass is 10.00. The van der Waals surface area contributed by atoms with Crippen molar-refractivity contribution in [3.8, 4) is 17.0 Å². The van der Waals surface area contributed by atoms with E-state index in [1.165, 1.54) is 19.2 Å². The normalized spacial score (nSPS) is 16.2. The maximum absolute atomic E-state index is 13.0. The van der Waals surface area contributed by atoms with Crippen molar-refractivity contribution in [2.24, 2.45) is 0 Å². The first-order chi connectivity index (χ1) is 16.4. The van der Waals surface area contributed by atoms with Crippen LogP contribution in [-0.4, -0.2) is 44.9 Å². The molecule has 2 heterocycles. The monoisotopic (exact) mass is 484 g/mol. The Morgan fingerprint density at radius 1 is 1.18 bits per heavy atom. The fourth-order valence-electron chi connectivity index (χ4n) is 4.13. The summed E-state index contributed by atoms with van der Waals surface area (Å²) in [6.45, 7) is 2.54. The van der Waals surface area contributed by atoms with Gasteiger partial charge in [-0.25, -0.2) is 13.2 Å². The summed E-state index contributed by atoms with van der Waals surface area (Å²) in [6.07, 6.45) is 2.98. The molecule has 0 aliphatic carbocycles. The third kappa shape index (κ3) is 5.00. The molecule has 1 fully saturated rings. The maximum atomic E-state index is 13.0. The van der Waals surface area contributed by atoms with Crippen LogP contribution in [0.1, 0.15) is 53.9 Å². The molecule has 0 radical (unpaired) electrons. The van der Waals surface area contributed by atoms with Crippen LogP contribution in [0.2, 0.25) is 0 Å². The summed E-state index contributed by atoms with van der Waals surface area (Å²) in [4.78, 5) is 13.1. The Bertz CT molecular complexity index is 1250. The number of methoxy groups -OCH3 is 1. The molecule has 1 aliphatic heterocycles. The molecule has 180 valence electrons. The summed E-state index contributed by atoms with van der Waals surface area (Å²) in [6, 6.07) is 13.4. The number of rotatable bonds is 8. The number of nitrogens with one attached hydrogen (secondary N) is 1. The van der Waals surface area contributed by atoms with Crippen LogP contribution in [0.5, 0.6) is 5.75 Å². The average molecular weight is 485 g/mol. The van der Waals surface area contributed by atoms with Gasteiger partial charge in [0.1, 0.15) is 11.3 Å². The van der Waals surface area contributed by atoms with Crippen LogP contribution < -0.4 is 4.74 Å². The molecule has 1 atom stereocenters. The van der Waals surface area contributed by atoms with E-state index >= 15 is 0 Å². The lowest BCUT2D eigenvalue weighted by Crippen LogP contribution is -2.14. The van der Waals surface area contributed by atoms with Crippen LogP contribution in [0.15, 0.2) is 53.4 Å². The van der Waals surface area contributed by atoms with E-state index < -0.39 is 15.8 Å². The highest BCUT2D eigenvalue weighted by Gasteiger charge is 2.28. The second-order valence-corrected chi connectivity index (χ2v) is 10.0. The molecule has 4 rings (SSSR count). The number of esters is 1. The second-order valence-electron chi connectivity index (χ2n) is 8.04. The molecule has 3 aromatic rings. The molecule has 1 unspecified atom stereocenters. The molecule has 2 aromatic carbocycles. The summed E-state index contributed by atoms with van der Waals surface area (Å²) in [5, 5.41) is 7.44. The quantitative estimate of drug-likeness (QED) is 0.470. The van der Waals surface area contributed by atoms with E-state index in [1.54, 1.807) is 37.3 Å². The number of H-pyrrole nitrogens is 1. The van der Waals surface area contributed by atoms with Crippen LogP contribution in [0.3, 0.4) is 0 Å². The van der Waals surface area contributed by atoms with Crippen molar-refractivity contribution in [1.82, 2.24) is 10.2 Å². The number of sulfone groups is 1. The zero-order valence-corrected chi connectivity index (χ0v) is 20.1. The molecule has 1 aromatic heterocycles. The number of aromatic amines is 1. The molecular formula is C25H28N2O6S. The summed E-state index contributed by atoms with van der Waals surface area (Å²) in [7, 11) is -2.26. The first-order valence-corrected chi connectivity index (χ1v) is 12.9. The predicted molar refractivity (Wildman–Crippen MR) is 126 cm³/mol. The van der Waals surface area contributed by atoms with Gasteiger partial charge in [0.05, 0.1) is 41.9 Å². The molecule has 0 spiro atoms. The van der Waals surface area contributed by atoms with Crippen molar-refractivity contribution in [2.75, 3.05) is 20.3 Å². The van der Waals surface area contributed by atoms with Crippen LogP contribution in [0, 0.1) is 0 Å². The van der Waals surface area contributed by atoms with Crippen molar-refractivity contribution < 1.29 is 27.4 Å². The van der Waals surface area contributed by atoms with Crippen molar-refractivity contribution in [3.05, 3.63) is 65.4 Å². The van der Waals surface area contributed by atoms with E-state index in [9.17, 15) is 13.2 Å². The van der Waals surface area contributed by atoms with Gasteiger partial charge in [-0.2, -0.15) is 5.10 Å². The van der Waals surface area contributed by atoms with Gasteiger partial charge in [0.15, 0.2) is 9.84 Å². The maximum Gasteiger partial charge on any atom is 0.342 e. The first-order valence-electron chi connectivity index (χ1n) is 11.3. The van der Waals surface area contributed by atoms with Crippen LogP contribution in [-0.2, 0) is 25.1 Å². The van der Waals surface area contributed by atoms with E-state index in [-0.39, 0.29) is 34.7 Å². The van der Waals surface area contributed by atoms with E-state index in [1.807, 2.05) is 6.07 Å². The summed E-state index contributed by atoms with van der Waals surface area (Å²) >= 11 is 0. The van der Waals surface area contributed by atoms with Crippen molar-refractivity contribution >= 4 is 15.8 Å². The van der Waals surface area contributed by atoms with Gasteiger partial charge < -0.3 is 14.2 Å². The third-order valence-electron chi connectivity index (χ3n) is 5.78. The smallest absolute Gasteiger partial charge is 0.342 e. The topological polar surface area (TPSA) is 108 Å². The fraction of sp³-hybridized carbons (Fsp3) is 0.360. The van der Waals surface area contributed by atoms with Gasteiger partial charge in [-0.15, -0.1) is 0 Å². The molecule has 0 saturated carbocycles. The lowest BCUT2D eigenvalue weighted by molar-refractivity contribution is 0.0123. The fourth-order valence-corrected chi connectivity index (χ4v) is 5.51. The number of nitrogens with zero attached hydrogens (tertiary/aromatic N) is 1. The molecule has 8 nitrogen and oxygen atoms in total. The molecule has 34 heavy (non-hydrogen) atoms. The highest BCUT2D eigenvalue weighted by molar-refractivity contribution is 7.90. The Labute approximate surface area is 199 Å². The van der Waals surface area contributed by atoms with E-state index in [4.69, 9.17) is 14.2 Å². The lowest BCUT2D eigenvalue weighted by Gasteiger charge is -2.20. The molecular weight excluding hydrogens is 456 g/mol. The second kappa shape index (κ2) is 10.4. The molecule has 0 bridgehead atoms. The van der Waals surface area contributed by atoms with Crippen molar-refractivity contribution in [2.45, 2.75) is 42.9 Å². The Kier molecular flexibility index (Phi) is 7.33. The summed E-state index contributed by atoms with van der Waals surface area (Å²) in [5.41, 5.74) is 2.37.